The van der Waals surface area contributed by atoms with E-state index in [2.05, 4.69) is 9.97 Å². The molecule has 0 aliphatic heterocycles. The van der Waals surface area contributed by atoms with E-state index in [1.54, 1.807) is 0 Å². The lowest BCUT2D eigenvalue weighted by Gasteiger charge is -2.19. The highest BCUT2D eigenvalue weighted by Crippen LogP contribution is 2.25. The van der Waals surface area contributed by atoms with Gasteiger partial charge in [0, 0.05) is 5.39 Å². The minimum absolute atomic E-state index is 0.233. The Morgan fingerprint density at radius 3 is 2.65 bits per heavy atom. The molecule has 0 unspecified atom stereocenters. The first kappa shape index (κ1) is 14.8. The molecular weight excluding hydrogens is 272 g/mol. The minimum atomic E-state index is -0.457. The summed E-state index contributed by atoms with van der Waals surface area (Å²) in [6, 6.07) is 7.80. The largest absolute Gasteiger partial charge is 0.459 e. The Morgan fingerprint density at radius 1 is 1.25 bits per heavy atom. The zero-order valence-electron chi connectivity index (χ0n) is 12.1. The van der Waals surface area contributed by atoms with Gasteiger partial charge in [-0.3, -0.25) is 4.79 Å². The smallest absolute Gasteiger partial charge is 0.316 e. The molecular formula is C15H18N2O2S. The minimum Gasteiger partial charge on any atom is -0.459 e. The number of aromatic nitrogens is 2. The van der Waals surface area contributed by atoms with Gasteiger partial charge in [-0.25, -0.2) is 9.97 Å². The molecule has 0 saturated heterocycles. The fourth-order valence-electron chi connectivity index (χ4n) is 1.77. The van der Waals surface area contributed by atoms with E-state index < -0.39 is 5.60 Å². The van der Waals surface area contributed by atoms with Gasteiger partial charge in [0.1, 0.15) is 16.5 Å². The SMILES string of the molecule is Cc1nc(SCC(=O)OC(C)(C)C)c2ccccc2n1. The summed E-state index contributed by atoms with van der Waals surface area (Å²) >= 11 is 1.39. The summed E-state index contributed by atoms with van der Waals surface area (Å²) in [5.74, 6) is 0.718. The van der Waals surface area contributed by atoms with Gasteiger partial charge in [0.2, 0.25) is 0 Å². The molecule has 4 nitrogen and oxygen atoms in total. The van der Waals surface area contributed by atoms with Crippen molar-refractivity contribution in [2.45, 2.75) is 38.3 Å². The lowest BCUT2D eigenvalue weighted by atomic mass is 10.2. The fraction of sp³-hybridized carbons (Fsp3) is 0.400. The third kappa shape index (κ3) is 3.93. The van der Waals surface area contributed by atoms with Crippen molar-refractivity contribution < 1.29 is 9.53 Å². The van der Waals surface area contributed by atoms with Crippen molar-refractivity contribution in [2.75, 3.05) is 5.75 Å². The summed E-state index contributed by atoms with van der Waals surface area (Å²) in [5, 5.41) is 1.78. The molecule has 2 aromatic rings. The quantitative estimate of drug-likeness (QED) is 0.493. The average Bonchev–Trinajstić information content (AvgIpc) is 2.33. The normalized spacial score (nSPS) is 11.6. The highest BCUT2D eigenvalue weighted by molar-refractivity contribution is 8.00. The van der Waals surface area contributed by atoms with E-state index >= 15 is 0 Å². The van der Waals surface area contributed by atoms with Crippen molar-refractivity contribution in [3.8, 4) is 0 Å². The third-order valence-electron chi connectivity index (χ3n) is 2.43. The van der Waals surface area contributed by atoms with Crippen LogP contribution in [-0.2, 0) is 9.53 Å². The number of hydrogen-bond donors (Lipinski definition) is 0. The van der Waals surface area contributed by atoms with Crippen LogP contribution >= 0.6 is 11.8 Å². The fourth-order valence-corrected chi connectivity index (χ4v) is 2.61. The summed E-state index contributed by atoms with van der Waals surface area (Å²) < 4.78 is 5.30. The lowest BCUT2D eigenvalue weighted by molar-refractivity contribution is -0.151. The molecule has 0 radical (unpaired) electrons. The van der Waals surface area contributed by atoms with Crippen LogP contribution in [0.15, 0.2) is 29.3 Å². The lowest BCUT2D eigenvalue weighted by Crippen LogP contribution is -2.24. The number of hydrogen-bond acceptors (Lipinski definition) is 5. The van der Waals surface area contributed by atoms with E-state index in [-0.39, 0.29) is 11.7 Å². The number of thioether (sulfide) groups is 1. The first-order valence-corrected chi connectivity index (χ1v) is 7.42. The molecule has 1 heterocycles. The van der Waals surface area contributed by atoms with Crippen molar-refractivity contribution in [3.63, 3.8) is 0 Å². The summed E-state index contributed by atoms with van der Waals surface area (Å²) in [5.41, 5.74) is 0.438. The van der Waals surface area contributed by atoms with E-state index in [1.807, 2.05) is 52.0 Å². The van der Waals surface area contributed by atoms with Crippen LogP contribution in [0.4, 0.5) is 0 Å². The molecule has 106 valence electrons. The predicted octanol–water partition coefficient (Wildman–Crippen LogP) is 3.37. The molecule has 1 aromatic carbocycles. The molecule has 0 spiro atoms. The molecule has 0 amide bonds. The van der Waals surface area contributed by atoms with Gasteiger partial charge in [0.15, 0.2) is 0 Å². The first-order valence-electron chi connectivity index (χ1n) is 6.43. The number of benzene rings is 1. The molecule has 0 saturated carbocycles. The number of para-hydroxylation sites is 1. The van der Waals surface area contributed by atoms with Crippen LogP contribution in [0.2, 0.25) is 0 Å². The third-order valence-corrected chi connectivity index (χ3v) is 3.39. The zero-order valence-corrected chi connectivity index (χ0v) is 13.0. The van der Waals surface area contributed by atoms with Crippen molar-refractivity contribution in [1.29, 1.82) is 0 Å². The van der Waals surface area contributed by atoms with Crippen LogP contribution in [0, 0.1) is 6.92 Å². The van der Waals surface area contributed by atoms with Gasteiger partial charge in [-0.2, -0.15) is 0 Å². The summed E-state index contributed by atoms with van der Waals surface area (Å²) in [6.07, 6.45) is 0. The maximum absolute atomic E-state index is 11.8. The Bertz CT molecular complexity index is 635. The van der Waals surface area contributed by atoms with Crippen LogP contribution in [-0.4, -0.2) is 27.3 Å². The number of ether oxygens (including phenoxy) is 1. The molecule has 1 aromatic heterocycles. The van der Waals surface area contributed by atoms with Crippen LogP contribution in [0.3, 0.4) is 0 Å². The molecule has 20 heavy (non-hydrogen) atoms. The van der Waals surface area contributed by atoms with E-state index in [9.17, 15) is 4.79 Å². The van der Waals surface area contributed by atoms with Crippen molar-refractivity contribution in [1.82, 2.24) is 9.97 Å². The van der Waals surface area contributed by atoms with Gasteiger partial charge in [-0.15, -0.1) is 0 Å². The number of rotatable bonds is 3. The maximum atomic E-state index is 11.8. The van der Waals surface area contributed by atoms with E-state index in [0.29, 0.717) is 5.82 Å². The second-order valence-corrected chi connectivity index (χ2v) is 6.43. The molecule has 0 bridgehead atoms. The highest BCUT2D eigenvalue weighted by atomic mass is 32.2. The van der Waals surface area contributed by atoms with Gasteiger partial charge in [-0.05, 0) is 33.8 Å². The molecule has 0 aliphatic carbocycles. The van der Waals surface area contributed by atoms with Gasteiger partial charge >= 0.3 is 5.97 Å². The topological polar surface area (TPSA) is 52.1 Å². The number of carbonyl (C=O) groups is 1. The average molecular weight is 290 g/mol. The summed E-state index contributed by atoms with van der Waals surface area (Å²) in [4.78, 5) is 20.6. The Morgan fingerprint density at radius 2 is 1.95 bits per heavy atom. The van der Waals surface area contributed by atoms with Crippen LogP contribution in [0.25, 0.3) is 10.9 Å². The summed E-state index contributed by atoms with van der Waals surface area (Å²) in [7, 11) is 0. The number of fused-ring (bicyclic) bond motifs is 1. The molecule has 0 atom stereocenters. The number of carbonyl (C=O) groups excluding carboxylic acids is 1. The van der Waals surface area contributed by atoms with Crippen LogP contribution < -0.4 is 0 Å². The zero-order chi connectivity index (χ0) is 14.8. The van der Waals surface area contributed by atoms with E-state index in [0.717, 1.165) is 15.9 Å². The van der Waals surface area contributed by atoms with Crippen LogP contribution in [0.1, 0.15) is 26.6 Å². The Hall–Kier alpha value is -1.62. The number of nitrogens with zero attached hydrogens (tertiary/aromatic N) is 2. The van der Waals surface area contributed by atoms with Crippen molar-refractivity contribution in [2.24, 2.45) is 0 Å². The Kier molecular flexibility index (Phi) is 4.28. The number of esters is 1. The molecule has 0 fully saturated rings. The van der Waals surface area contributed by atoms with Crippen molar-refractivity contribution in [3.05, 3.63) is 30.1 Å². The van der Waals surface area contributed by atoms with Gasteiger partial charge in [-0.1, -0.05) is 30.0 Å². The Balaban J connectivity index is 2.16. The van der Waals surface area contributed by atoms with E-state index in [4.69, 9.17) is 4.74 Å². The second-order valence-electron chi connectivity index (χ2n) is 5.47. The molecule has 2 rings (SSSR count). The van der Waals surface area contributed by atoms with Gasteiger partial charge in [0.25, 0.3) is 0 Å². The van der Waals surface area contributed by atoms with Gasteiger partial charge in [0.05, 0.1) is 11.3 Å². The van der Waals surface area contributed by atoms with E-state index in [1.165, 1.54) is 11.8 Å². The van der Waals surface area contributed by atoms with Crippen molar-refractivity contribution >= 4 is 28.6 Å². The molecule has 5 heteroatoms. The van der Waals surface area contributed by atoms with Gasteiger partial charge < -0.3 is 4.74 Å². The Labute approximate surface area is 123 Å². The van der Waals surface area contributed by atoms with Crippen LogP contribution in [0.5, 0.6) is 0 Å². The standard InChI is InChI=1S/C15H18N2O2S/c1-10-16-12-8-6-5-7-11(12)14(17-10)20-9-13(18)19-15(2,3)4/h5-8H,9H2,1-4H3. The second kappa shape index (κ2) is 5.79. The highest BCUT2D eigenvalue weighted by Gasteiger charge is 2.17. The summed E-state index contributed by atoms with van der Waals surface area (Å²) in [6.45, 7) is 7.43. The molecule has 0 aliphatic rings. The number of aryl methyl sites for hydroxylation is 1. The monoisotopic (exact) mass is 290 g/mol. The first-order chi connectivity index (χ1) is 9.35. The maximum Gasteiger partial charge on any atom is 0.316 e. The molecule has 0 N–H and O–H groups in total. The predicted molar refractivity (Wildman–Crippen MR) is 80.8 cm³/mol.